The molecule has 2 atom stereocenters. The largest absolute Gasteiger partial charge is 0.497 e. The molecule has 5 nitrogen and oxygen atoms in total. The summed E-state index contributed by atoms with van der Waals surface area (Å²) in [6, 6.07) is 13.8. The number of rotatable bonds is 2. The first-order valence-corrected chi connectivity index (χ1v) is 8.20. The molecule has 1 aromatic carbocycles. The molecule has 0 spiro atoms. The van der Waals surface area contributed by atoms with Crippen molar-refractivity contribution >= 4 is 0 Å². The molecule has 25 heavy (non-hydrogen) atoms. The van der Waals surface area contributed by atoms with Gasteiger partial charge < -0.3 is 10.5 Å². The molecule has 5 heteroatoms. The third-order valence-corrected chi connectivity index (χ3v) is 5.27. The summed E-state index contributed by atoms with van der Waals surface area (Å²) in [5, 5.41) is 29.4. The standard InChI is InChI=1S/C20H18N4O/c1-25-14-8-6-13(7-9-14)18-16-5-3-2-4-15(16)17(10-21)19(24)20(18,11-22)12-23/h4,6-9,16,18H,2-3,5,24H2,1H3/t16-,18+/m0/s1. The molecule has 0 unspecified atom stereocenters. The maximum Gasteiger partial charge on any atom is 0.191 e. The summed E-state index contributed by atoms with van der Waals surface area (Å²) < 4.78 is 5.20. The van der Waals surface area contributed by atoms with Crippen molar-refractivity contribution in [1.82, 2.24) is 0 Å². The summed E-state index contributed by atoms with van der Waals surface area (Å²) in [6.07, 6.45) is 4.71. The van der Waals surface area contributed by atoms with Crippen LogP contribution in [-0.4, -0.2) is 7.11 Å². The van der Waals surface area contributed by atoms with Crippen LogP contribution in [0.3, 0.4) is 0 Å². The lowest BCUT2D eigenvalue weighted by molar-refractivity contribution is 0.317. The van der Waals surface area contributed by atoms with Crippen LogP contribution in [-0.2, 0) is 0 Å². The van der Waals surface area contributed by atoms with Crippen molar-refractivity contribution in [2.75, 3.05) is 7.11 Å². The van der Waals surface area contributed by atoms with Crippen LogP contribution in [0.15, 0.2) is 47.2 Å². The quantitative estimate of drug-likeness (QED) is 0.895. The molecule has 0 saturated heterocycles. The third-order valence-electron chi connectivity index (χ3n) is 5.27. The van der Waals surface area contributed by atoms with E-state index >= 15 is 0 Å². The molecule has 0 amide bonds. The van der Waals surface area contributed by atoms with E-state index in [0.717, 1.165) is 30.4 Å². The van der Waals surface area contributed by atoms with Gasteiger partial charge >= 0.3 is 0 Å². The molecule has 124 valence electrons. The molecule has 2 N–H and O–H groups in total. The van der Waals surface area contributed by atoms with Crippen molar-refractivity contribution in [3.05, 3.63) is 52.7 Å². The van der Waals surface area contributed by atoms with Gasteiger partial charge in [0.2, 0.25) is 0 Å². The van der Waals surface area contributed by atoms with Gasteiger partial charge in [0.1, 0.15) is 11.8 Å². The lowest BCUT2D eigenvalue weighted by atomic mass is 9.57. The highest BCUT2D eigenvalue weighted by Crippen LogP contribution is 2.55. The highest BCUT2D eigenvalue weighted by atomic mass is 16.5. The van der Waals surface area contributed by atoms with E-state index < -0.39 is 11.3 Å². The number of nitriles is 3. The van der Waals surface area contributed by atoms with Crippen LogP contribution in [0.1, 0.15) is 30.7 Å². The maximum absolute atomic E-state index is 9.91. The molecule has 3 rings (SSSR count). The lowest BCUT2D eigenvalue weighted by Gasteiger charge is -2.43. The summed E-state index contributed by atoms with van der Waals surface area (Å²) >= 11 is 0. The van der Waals surface area contributed by atoms with E-state index in [1.807, 2.05) is 30.3 Å². The minimum absolute atomic E-state index is 0.0663. The minimum atomic E-state index is -1.54. The molecule has 0 heterocycles. The fourth-order valence-electron chi connectivity index (χ4n) is 4.06. The molecule has 2 aliphatic rings. The third kappa shape index (κ3) is 2.35. The number of allylic oxidation sites excluding steroid dienone is 4. The van der Waals surface area contributed by atoms with Gasteiger partial charge in [-0.25, -0.2) is 0 Å². The highest BCUT2D eigenvalue weighted by molar-refractivity contribution is 5.59. The number of fused-ring (bicyclic) bond motifs is 1. The van der Waals surface area contributed by atoms with Crippen molar-refractivity contribution < 1.29 is 4.74 Å². The SMILES string of the molecule is COc1ccc([C@@H]2[C@H]3CCCC=C3C(C#N)=C(N)C2(C#N)C#N)cc1. The van der Waals surface area contributed by atoms with Crippen LogP contribution in [0.4, 0.5) is 0 Å². The Kier molecular flexibility index (Phi) is 4.22. The molecule has 0 saturated carbocycles. The number of hydrogen-bond donors (Lipinski definition) is 1. The first-order valence-electron chi connectivity index (χ1n) is 8.20. The van der Waals surface area contributed by atoms with Gasteiger partial charge in [0.05, 0.1) is 30.5 Å². The first kappa shape index (κ1) is 16.6. The fourth-order valence-corrected chi connectivity index (χ4v) is 4.06. The molecular weight excluding hydrogens is 312 g/mol. The van der Waals surface area contributed by atoms with Crippen LogP contribution < -0.4 is 10.5 Å². The average Bonchev–Trinajstić information content (AvgIpc) is 2.67. The van der Waals surface area contributed by atoms with Crippen molar-refractivity contribution in [3.63, 3.8) is 0 Å². The Morgan fingerprint density at radius 3 is 2.40 bits per heavy atom. The van der Waals surface area contributed by atoms with Gasteiger partial charge in [-0.05, 0) is 48.4 Å². The van der Waals surface area contributed by atoms with E-state index in [2.05, 4.69) is 18.2 Å². The second kappa shape index (κ2) is 6.34. The summed E-state index contributed by atoms with van der Waals surface area (Å²) in [5.74, 6) is 0.236. The molecule has 0 aliphatic heterocycles. The van der Waals surface area contributed by atoms with Gasteiger partial charge in [0.25, 0.3) is 0 Å². The molecular formula is C20H18N4O. The number of nitrogens with two attached hydrogens (primary N) is 1. The summed E-state index contributed by atoms with van der Waals surface area (Å²) in [6.45, 7) is 0. The zero-order valence-corrected chi connectivity index (χ0v) is 14.0. The number of methoxy groups -OCH3 is 1. The van der Waals surface area contributed by atoms with Gasteiger partial charge in [0, 0.05) is 5.92 Å². The van der Waals surface area contributed by atoms with Crippen molar-refractivity contribution in [1.29, 1.82) is 15.8 Å². The fraction of sp³-hybridized carbons (Fsp3) is 0.350. The van der Waals surface area contributed by atoms with E-state index in [1.165, 1.54) is 0 Å². The van der Waals surface area contributed by atoms with E-state index in [-0.39, 0.29) is 11.6 Å². The van der Waals surface area contributed by atoms with Gasteiger partial charge in [-0.15, -0.1) is 0 Å². The summed E-state index contributed by atoms with van der Waals surface area (Å²) in [7, 11) is 1.59. The highest BCUT2D eigenvalue weighted by Gasteiger charge is 2.53. The molecule has 1 aromatic rings. The Morgan fingerprint density at radius 2 is 1.84 bits per heavy atom. The second-order valence-electron chi connectivity index (χ2n) is 6.38. The van der Waals surface area contributed by atoms with Crippen molar-refractivity contribution in [2.45, 2.75) is 25.2 Å². The number of benzene rings is 1. The van der Waals surface area contributed by atoms with Crippen molar-refractivity contribution in [3.8, 4) is 24.0 Å². The molecule has 2 aliphatic carbocycles. The van der Waals surface area contributed by atoms with E-state index in [1.54, 1.807) is 7.11 Å². The van der Waals surface area contributed by atoms with Crippen LogP contribution >= 0.6 is 0 Å². The Bertz CT molecular complexity index is 860. The Hall–Kier alpha value is -3.23. The predicted octanol–water partition coefficient (Wildman–Crippen LogP) is 3.29. The lowest BCUT2D eigenvalue weighted by Crippen LogP contribution is -2.42. The van der Waals surface area contributed by atoms with Crippen LogP contribution in [0.2, 0.25) is 0 Å². The second-order valence-corrected chi connectivity index (χ2v) is 6.38. The number of hydrogen-bond acceptors (Lipinski definition) is 5. The van der Waals surface area contributed by atoms with E-state index in [0.29, 0.717) is 11.3 Å². The summed E-state index contributed by atoms with van der Waals surface area (Å²) in [5.41, 5.74) is 6.81. The summed E-state index contributed by atoms with van der Waals surface area (Å²) in [4.78, 5) is 0. The number of nitrogens with zero attached hydrogens (tertiary/aromatic N) is 3. The zero-order chi connectivity index (χ0) is 18.0. The van der Waals surface area contributed by atoms with E-state index in [9.17, 15) is 15.8 Å². The molecule has 0 radical (unpaired) electrons. The zero-order valence-electron chi connectivity index (χ0n) is 14.0. The van der Waals surface area contributed by atoms with Gasteiger partial charge in [0.15, 0.2) is 5.41 Å². The molecule has 0 aromatic heterocycles. The monoisotopic (exact) mass is 330 g/mol. The van der Waals surface area contributed by atoms with Crippen LogP contribution in [0, 0.1) is 45.3 Å². The number of ether oxygens (including phenoxy) is 1. The van der Waals surface area contributed by atoms with Crippen LogP contribution in [0.5, 0.6) is 5.75 Å². The normalized spacial score (nSPS) is 24.2. The van der Waals surface area contributed by atoms with Crippen LogP contribution in [0.25, 0.3) is 0 Å². The Labute approximate surface area is 147 Å². The van der Waals surface area contributed by atoms with Crippen molar-refractivity contribution in [2.24, 2.45) is 17.1 Å². The molecule has 0 fully saturated rings. The van der Waals surface area contributed by atoms with E-state index in [4.69, 9.17) is 10.5 Å². The predicted molar refractivity (Wildman–Crippen MR) is 91.6 cm³/mol. The molecule has 0 bridgehead atoms. The van der Waals surface area contributed by atoms with Gasteiger partial charge in [-0.1, -0.05) is 18.2 Å². The average molecular weight is 330 g/mol. The van der Waals surface area contributed by atoms with Gasteiger partial charge in [-0.2, -0.15) is 15.8 Å². The smallest absolute Gasteiger partial charge is 0.191 e. The minimum Gasteiger partial charge on any atom is -0.497 e. The Morgan fingerprint density at radius 1 is 1.16 bits per heavy atom. The maximum atomic E-state index is 9.91. The topological polar surface area (TPSA) is 107 Å². The first-order chi connectivity index (χ1) is 12.1. The van der Waals surface area contributed by atoms with Gasteiger partial charge in [-0.3, -0.25) is 0 Å². The Balaban J connectivity index is 2.27.